The SMILES string of the molecule is CC(C)CCCC(C)C(CCBr)CC(=O)[O-]. The second-order valence-corrected chi connectivity index (χ2v) is 5.91. The van der Waals surface area contributed by atoms with Crippen molar-refractivity contribution in [3.05, 3.63) is 0 Å². The molecule has 0 aromatic rings. The maximum absolute atomic E-state index is 10.6. The zero-order chi connectivity index (χ0) is 12.6. The fourth-order valence-corrected chi connectivity index (χ4v) is 2.61. The quantitative estimate of drug-likeness (QED) is 0.613. The normalized spacial score (nSPS) is 15.1. The Balaban J connectivity index is 3.95. The van der Waals surface area contributed by atoms with Crippen LogP contribution in [-0.4, -0.2) is 11.3 Å². The zero-order valence-electron chi connectivity index (χ0n) is 10.7. The Morgan fingerprint density at radius 3 is 2.25 bits per heavy atom. The summed E-state index contributed by atoms with van der Waals surface area (Å²) in [5.41, 5.74) is 0. The van der Waals surface area contributed by atoms with Gasteiger partial charge in [0.05, 0.1) is 0 Å². The van der Waals surface area contributed by atoms with E-state index in [0.29, 0.717) is 5.92 Å². The Labute approximate surface area is 108 Å². The van der Waals surface area contributed by atoms with Crippen molar-refractivity contribution in [2.75, 3.05) is 5.33 Å². The predicted molar refractivity (Wildman–Crippen MR) is 69.4 cm³/mol. The predicted octanol–water partition coefficient (Wildman–Crippen LogP) is 2.99. The number of hydrogen-bond acceptors (Lipinski definition) is 2. The molecular formula is C13H24BrO2-. The van der Waals surface area contributed by atoms with E-state index in [0.717, 1.165) is 24.1 Å². The third kappa shape index (κ3) is 8.14. The number of rotatable bonds is 9. The highest BCUT2D eigenvalue weighted by molar-refractivity contribution is 9.09. The second-order valence-electron chi connectivity index (χ2n) is 5.12. The molecule has 3 heteroatoms. The Hall–Kier alpha value is -0.0500. The lowest BCUT2D eigenvalue weighted by Crippen LogP contribution is -2.28. The van der Waals surface area contributed by atoms with E-state index in [4.69, 9.17) is 0 Å². The standard InChI is InChI=1S/C13H25BrO2/c1-10(2)5-4-6-11(3)12(7-8-14)9-13(15)16/h10-12H,4-9H2,1-3H3,(H,15,16)/p-1. The van der Waals surface area contributed by atoms with Gasteiger partial charge in [-0.3, -0.25) is 0 Å². The van der Waals surface area contributed by atoms with Gasteiger partial charge < -0.3 is 9.90 Å². The van der Waals surface area contributed by atoms with Gasteiger partial charge in [-0.2, -0.15) is 0 Å². The molecule has 0 N–H and O–H groups in total. The smallest absolute Gasteiger partial charge is 0.0417 e. The van der Waals surface area contributed by atoms with Crippen molar-refractivity contribution in [2.24, 2.45) is 17.8 Å². The molecule has 0 aliphatic carbocycles. The number of alkyl halides is 1. The van der Waals surface area contributed by atoms with Crippen LogP contribution < -0.4 is 5.11 Å². The molecule has 0 saturated carbocycles. The highest BCUT2D eigenvalue weighted by atomic mass is 79.9. The van der Waals surface area contributed by atoms with Crippen LogP contribution in [0.2, 0.25) is 0 Å². The molecule has 0 saturated heterocycles. The van der Waals surface area contributed by atoms with Crippen LogP contribution >= 0.6 is 15.9 Å². The molecule has 2 atom stereocenters. The highest BCUT2D eigenvalue weighted by Crippen LogP contribution is 2.25. The third-order valence-corrected chi connectivity index (χ3v) is 3.61. The average Bonchev–Trinajstić information content (AvgIpc) is 2.15. The molecule has 0 spiro atoms. The number of carboxylic acid groups (broad SMARTS) is 1. The number of carboxylic acids is 1. The minimum atomic E-state index is -0.915. The summed E-state index contributed by atoms with van der Waals surface area (Å²) < 4.78 is 0. The molecule has 96 valence electrons. The summed E-state index contributed by atoms with van der Waals surface area (Å²) in [5.74, 6) is 0.565. The van der Waals surface area contributed by atoms with E-state index in [1.54, 1.807) is 0 Å². The van der Waals surface area contributed by atoms with Crippen LogP contribution in [0.1, 0.15) is 52.9 Å². The van der Waals surface area contributed by atoms with E-state index in [-0.39, 0.29) is 12.3 Å². The fourth-order valence-electron chi connectivity index (χ4n) is 2.03. The molecule has 16 heavy (non-hydrogen) atoms. The van der Waals surface area contributed by atoms with Crippen molar-refractivity contribution in [1.29, 1.82) is 0 Å². The van der Waals surface area contributed by atoms with Gasteiger partial charge in [0.25, 0.3) is 0 Å². The maximum Gasteiger partial charge on any atom is 0.0417 e. The van der Waals surface area contributed by atoms with Crippen LogP contribution in [0.15, 0.2) is 0 Å². The van der Waals surface area contributed by atoms with Crippen LogP contribution in [0.4, 0.5) is 0 Å². The number of carbonyl (C=O) groups excluding carboxylic acids is 1. The Morgan fingerprint density at radius 1 is 1.19 bits per heavy atom. The highest BCUT2D eigenvalue weighted by Gasteiger charge is 2.16. The van der Waals surface area contributed by atoms with Crippen molar-refractivity contribution in [3.63, 3.8) is 0 Å². The largest absolute Gasteiger partial charge is 0.550 e. The van der Waals surface area contributed by atoms with Gasteiger partial charge in [0, 0.05) is 11.3 Å². The van der Waals surface area contributed by atoms with E-state index >= 15 is 0 Å². The van der Waals surface area contributed by atoms with Gasteiger partial charge in [0.1, 0.15) is 0 Å². The monoisotopic (exact) mass is 291 g/mol. The average molecular weight is 292 g/mol. The van der Waals surface area contributed by atoms with Crippen LogP contribution in [0.25, 0.3) is 0 Å². The van der Waals surface area contributed by atoms with E-state index in [2.05, 4.69) is 36.7 Å². The van der Waals surface area contributed by atoms with Gasteiger partial charge in [-0.1, -0.05) is 56.0 Å². The van der Waals surface area contributed by atoms with Gasteiger partial charge in [-0.15, -0.1) is 0 Å². The second kappa shape index (κ2) is 9.03. The maximum atomic E-state index is 10.6. The molecule has 0 aliphatic heterocycles. The lowest BCUT2D eigenvalue weighted by molar-refractivity contribution is -0.307. The van der Waals surface area contributed by atoms with Crippen LogP contribution in [0, 0.1) is 17.8 Å². The number of hydrogen-bond donors (Lipinski definition) is 0. The first-order valence-electron chi connectivity index (χ1n) is 6.23. The molecular weight excluding hydrogens is 268 g/mol. The molecule has 0 fully saturated rings. The van der Waals surface area contributed by atoms with Crippen molar-refractivity contribution >= 4 is 21.9 Å². The topological polar surface area (TPSA) is 40.1 Å². The van der Waals surface area contributed by atoms with Gasteiger partial charge in [0.2, 0.25) is 0 Å². The lowest BCUT2D eigenvalue weighted by atomic mass is 9.84. The summed E-state index contributed by atoms with van der Waals surface area (Å²) in [7, 11) is 0. The molecule has 0 aromatic heterocycles. The molecule has 0 aliphatic rings. The number of carbonyl (C=O) groups is 1. The molecule has 0 bridgehead atoms. The number of halogens is 1. The first-order chi connectivity index (χ1) is 7.47. The molecule has 2 unspecified atom stereocenters. The Kier molecular flexibility index (Phi) is 9.00. The fraction of sp³-hybridized carbons (Fsp3) is 0.923. The first-order valence-corrected chi connectivity index (χ1v) is 7.35. The summed E-state index contributed by atoms with van der Waals surface area (Å²) in [6.07, 6.45) is 4.69. The Morgan fingerprint density at radius 2 is 1.81 bits per heavy atom. The minimum absolute atomic E-state index is 0.203. The first kappa shape index (κ1) is 16.0. The molecule has 0 rings (SSSR count). The van der Waals surface area contributed by atoms with Crippen molar-refractivity contribution in [2.45, 2.75) is 52.9 Å². The van der Waals surface area contributed by atoms with Crippen LogP contribution in [-0.2, 0) is 4.79 Å². The summed E-state index contributed by atoms with van der Waals surface area (Å²) in [6.45, 7) is 6.61. The molecule has 0 amide bonds. The summed E-state index contributed by atoms with van der Waals surface area (Å²) in [4.78, 5) is 10.6. The molecule has 0 aromatic carbocycles. The molecule has 0 heterocycles. The molecule has 0 radical (unpaired) electrons. The van der Waals surface area contributed by atoms with E-state index in [1.165, 1.54) is 12.8 Å². The van der Waals surface area contributed by atoms with Gasteiger partial charge >= 0.3 is 0 Å². The minimum Gasteiger partial charge on any atom is -0.550 e. The zero-order valence-corrected chi connectivity index (χ0v) is 12.3. The summed E-state index contributed by atoms with van der Waals surface area (Å²) in [6, 6.07) is 0. The lowest BCUT2D eigenvalue weighted by Gasteiger charge is -2.24. The third-order valence-electron chi connectivity index (χ3n) is 3.15. The van der Waals surface area contributed by atoms with E-state index in [1.807, 2.05) is 0 Å². The summed E-state index contributed by atoms with van der Waals surface area (Å²) in [5, 5.41) is 11.5. The van der Waals surface area contributed by atoms with Crippen molar-refractivity contribution in [1.82, 2.24) is 0 Å². The van der Waals surface area contributed by atoms with Crippen molar-refractivity contribution < 1.29 is 9.90 Å². The van der Waals surface area contributed by atoms with E-state index < -0.39 is 5.97 Å². The van der Waals surface area contributed by atoms with Gasteiger partial charge in [-0.05, 0) is 30.6 Å². The summed E-state index contributed by atoms with van der Waals surface area (Å²) >= 11 is 3.39. The van der Waals surface area contributed by atoms with Gasteiger partial charge in [0.15, 0.2) is 0 Å². The number of aliphatic carboxylic acids is 1. The van der Waals surface area contributed by atoms with E-state index in [9.17, 15) is 9.90 Å². The van der Waals surface area contributed by atoms with Crippen molar-refractivity contribution in [3.8, 4) is 0 Å². The van der Waals surface area contributed by atoms with Crippen LogP contribution in [0.5, 0.6) is 0 Å². The molecule has 2 nitrogen and oxygen atoms in total. The van der Waals surface area contributed by atoms with Crippen LogP contribution in [0.3, 0.4) is 0 Å². The Bertz CT molecular complexity index is 192. The van der Waals surface area contributed by atoms with Gasteiger partial charge in [-0.25, -0.2) is 0 Å².